The number of amides is 1. The minimum absolute atomic E-state index is 0.0276. The van der Waals surface area contributed by atoms with Gasteiger partial charge in [-0.05, 0) is 18.8 Å². The number of nitrogens with one attached hydrogen (secondary N) is 1. The number of carbonyl (C=O) groups excluding carboxylic acids is 1. The standard InChI is InChI=1S/C14H23N5O3/c15-8-13(11-4-2-1-3-5-11)17-14(20)6-7-18-10-12(9-16-18)19(21)22/h9-11,13H,1-8,15H2,(H,17,20). The molecular formula is C14H23N5O3. The van der Waals surface area contributed by atoms with Gasteiger partial charge in [0.05, 0.1) is 4.92 Å². The van der Waals surface area contributed by atoms with Crippen molar-refractivity contribution >= 4 is 11.6 Å². The number of nitrogens with two attached hydrogens (primary N) is 1. The first-order chi connectivity index (χ1) is 10.6. The number of nitro groups is 1. The molecule has 1 unspecified atom stereocenters. The fraction of sp³-hybridized carbons (Fsp3) is 0.714. The van der Waals surface area contributed by atoms with E-state index in [0.717, 1.165) is 12.8 Å². The van der Waals surface area contributed by atoms with Crippen LogP contribution in [0.2, 0.25) is 0 Å². The van der Waals surface area contributed by atoms with E-state index in [2.05, 4.69) is 10.4 Å². The van der Waals surface area contributed by atoms with Crippen LogP contribution in [-0.4, -0.2) is 33.2 Å². The molecule has 22 heavy (non-hydrogen) atoms. The highest BCUT2D eigenvalue weighted by Crippen LogP contribution is 2.26. The Morgan fingerprint density at radius 2 is 2.23 bits per heavy atom. The Morgan fingerprint density at radius 1 is 1.50 bits per heavy atom. The van der Waals surface area contributed by atoms with Crippen LogP contribution in [-0.2, 0) is 11.3 Å². The molecule has 0 aliphatic heterocycles. The Bertz CT molecular complexity index is 510. The first-order valence-corrected chi connectivity index (χ1v) is 7.76. The van der Waals surface area contributed by atoms with Crippen LogP contribution in [0.5, 0.6) is 0 Å². The van der Waals surface area contributed by atoms with E-state index in [4.69, 9.17) is 5.73 Å². The zero-order valence-corrected chi connectivity index (χ0v) is 12.6. The van der Waals surface area contributed by atoms with Crippen molar-refractivity contribution in [1.29, 1.82) is 0 Å². The Kier molecular flexibility index (Phi) is 5.88. The number of carbonyl (C=O) groups is 1. The van der Waals surface area contributed by atoms with Crippen molar-refractivity contribution in [3.05, 3.63) is 22.5 Å². The molecule has 1 aromatic rings. The summed E-state index contributed by atoms with van der Waals surface area (Å²) in [6.45, 7) is 0.769. The number of aryl methyl sites for hydroxylation is 1. The molecule has 0 radical (unpaired) electrons. The van der Waals surface area contributed by atoms with Gasteiger partial charge in [-0.3, -0.25) is 19.6 Å². The highest BCUT2D eigenvalue weighted by molar-refractivity contribution is 5.76. The molecule has 8 heteroatoms. The summed E-state index contributed by atoms with van der Waals surface area (Å²) in [6, 6.07) is 0.0276. The lowest BCUT2D eigenvalue weighted by atomic mass is 9.84. The number of hydrogen-bond donors (Lipinski definition) is 2. The normalized spacial score (nSPS) is 17.1. The third-order valence-electron chi connectivity index (χ3n) is 4.22. The highest BCUT2D eigenvalue weighted by Gasteiger charge is 2.23. The largest absolute Gasteiger partial charge is 0.352 e. The first-order valence-electron chi connectivity index (χ1n) is 7.76. The SMILES string of the molecule is NCC(NC(=O)CCn1cc([N+](=O)[O-])cn1)C1CCCCC1. The molecule has 0 saturated heterocycles. The maximum Gasteiger partial charge on any atom is 0.306 e. The minimum atomic E-state index is -0.503. The van der Waals surface area contributed by atoms with E-state index in [0.29, 0.717) is 19.0 Å². The number of rotatable bonds is 7. The van der Waals surface area contributed by atoms with Crippen molar-refractivity contribution in [3.8, 4) is 0 Å². The van der Waals surface area contributed by atoms with Gasteiger partial charge >= 0.3 is 5.69 Å². The summed E-state index contributed by atoms with van der Waals surface area (Å²) in [6.07, 6.45) is 8.66. The van der Waals surface area contributed by atoms with Crippen molar-refractivity contribution in [2.75, 3.05) is 6.54 Å². The van der Waals surface area contributed by atoms with Gasteiger partial charge in [0.1, 0.15) is 12.4 Å². The average molecular weight is 309 g/mol. The minimum Gasteiger partial charge on any atom is -0.352 e. The molecule has 1 aromatic heterocycles. The second-order valence-electron chi connectivity index (χ2n) is 5.78. The quantitative estimate of drug-likeness (QED) is 0.580. The van der Waals surface area contributed by atoms with Crippen molar-refractivity contribution in [1.82, 2.24) is 15.1 Å². The highest BCUT2D eigenvalue weighted by atomic mass is 16.6. The summed E-state index contributed by atoms with van der Waals surface area (Å²) in [5.41, 5.74) is 5.72. The van der Waals surface area contributed by atoms with Crippen LogP contribution in [0.15, 0.2) is 12.4 Å². The summed E-state index contributed by atoms with van der Waals surface area (Å²) >= 11 is 0. The lowest BCUT2D eigenvalue weighted by Crippen LogP contribution is -2.46. The number of hydrogen-bond acceptors (Lipinski definition) is 5. The Hall–Kier alpha value is -1.96. The molecule has 8 nitrogen and oxygen atoms in total. The summed E-state index contributed by atoms with van der Waals surface area (Å²) in [7, 11) is 0. The Morgan fingerprint density at radius 3 is 2.82 bits per heavy atom. The van der Waals surface area contributed by atoms with E-state index in [1.165, 1.54) is 36.3 Å². The maximum absolute atomic E-state index is 12.0. The third-order valence-corrected chi connectivity index (χ3v) is 4.22. The molecule has 3 N–H and O–H groups in total. The molecule has 1 atom stereocenters. The molecule has 1 amide bonds. The molecule has 2 rings (SSSR count). The van der Waals surface area contributed by atoms with E-state index in [1.807, 2.05) is 0 Å². The van der Waals surface area contributed by atoms with E-state index in [-0.39, 0.29) is 24.1 Å². The van der Waals surface area contributed by atoms with Crippen LogP contribution in [0, 0.1) is 16.0 Å². The van der Waals surface area contributed by atoms with Gasteiger partial charge in [-0.2, -0.15) is 5.10 Å². The van der Waals surface area contributed by atoms with Crippen LogP contribution in [0.25, 0.3) is 0 Å². The van der Waals surface area contributed by atoms with Crippen molar-refractivity contribution in [3.63, 3.8) is 0 Å². The molecule has 1 aliphatic carbocycles. The Balaban J connectivity index is 1.79. The fourth-order valence-electron chi connectivity index (χ4n) is 2.97. The fourth-order valence-corrected chi connectivity index (χ4v) is 2.97. The topological polar surface area (TPSA) is 116 Å². The molecule has 1 fully saturated rings. The molecular weight excluding hydrogens is 286 g/mol. The summed E-state index contributed by atoms with van der Waals surface area (Å²) in [5, 5.41) is 17.4. The van der Waals surface area contributed by atoms with Gasteiger partial charge in [0.25, 0.3) is 0 Å². The van der Waals surface area contributed by atoms with Gasteiger partial charge in [0.15, 0.2) is 0 Å². The maximum atomic E-state index is 12.0. The van der Waals surface area contributed by atoms with Gasteiger partial charge in [-0.25, -0.2) is 0 Å². The second kappa shape index (κ2) is 7.88. The van der Waals surface area contributed by atoms with Crippen LogP contribution in [0.1, 0.15) is 38.5 Å². The van der Waals surface area contributed by atoms with Crippen molar-refractivity contribution in [2.24, 2.45) is 11.7 Å². The van der Waals surface area contributed by atoms with Crippen molar-refractivity contribution < 1.29 is 9.72 Å². The van der Waals surface area contributed by atoms with Crippen molar-refractivity contribution in [2.45, 2.75) is 51.1 Å². The summed E-state index contributed by atoms with van der Waals surface area (Å²) < 4.78 is 1.41. The molecule has 1 aliphatic rings. The van der Waals surface area contributed by atoms with Gasteiger partial charge in [0.2, 0.25) is 5.91 Å². The van der Waals surface area contributed by atoms with Gasteiger partial charge in [0, 0.05) is 25.6 Å². The summed E-state index contributed by atoms with van der Waals surface area (Å²) in [5.74, 6) is 0.382. The monoisotopic (exact) mass is 309 g/mol. The lowest BCUT2D eigenvalue weighted by molar-refractivity contribution is -0.385. The zero-order valence-electron chi connectivity index (χ0n) is 12.6. The van der Waals surface area contributed by atoms with Gasteiger partial charge in [-0.15, -0.1) is 0 Å². The zero-order chi connectivity index (χ0) is 15.9. The van der Waals surface area contributed by atoms with Crippen LogP contribution in [0.3, 0.4) is 0 Å². The predicted molar refractivity (Wildman–Crippen MR) is 81.1 cm³/mol. The average Bonchev–Trinajstić information content (AvgIpc) is 3.01. The van der Waals surface area contributed by atoms with Crippen LogP contribution in [0.4, 0.5) is 5.69 Å². The van der Waals surface area contributed by atoms with Gasteiger partial charge < -0.3 is 11.1 Å². The van der Waals surface area contributed by atoms with E-state index in [9.17, 15) is 14.9 Å². The van der Waals surface area contributed by atoms with Crippen LogP contribution >= 0.6 is 0 Å². The van der Waals surface area contributed by atoms with E-state index in [1.54, 1.807) is 0 Å². The number of nitrogens with zero attached hydrogens (tertiary/aromatic N) is 3. The molecule has 122 valence electrons. The van der Waals surface area contributed by atoms with E-state index < -0.39 is 4.92 Å². The second-order valence-corrected chi connectivity index (χ2v) is 5.78. The predicted octanol–water partition coefficient (Wildman–Crippen LogP) is 1.21. The molecule has 0 aromatic carbocycles. The smallest absolute Gasteiger partial charge is 0.306 e. The van der Waals surface area contributed by atoms with Crippen LogP contribution < -0.4 is 11.1 Å². The Labute approximate surface area is 129 Å². The lowest BCUT2D eigenvalue weighted by Gasteiger charge is -2.30. The first kappa shape index (κ1) is 16.4. The third kappa shape index (κ3) is 4.52. The molecule has 1 heterocycles. The number of aromatic nitrogens is 2. The van der Waals surface area contributed by atoms with Gasteiger partial charge in [-0.1, -0.05) is 19.3 Å². The molecule has 1 saturated carbocycles. The molecule has 0 spiro atoms. The van der Waals surface area contributed by atoms with E-state index >= 15 is 0 Å². The summed E-state index contributed by atoms with van der Waals surface area (Å²) in [4.78, 5) is 22.1. The molecule has 0 bridgehead atoms.